The number of benzene rings is 1. The topological polar surface area (TPSA) is 34.2 Å². The summed E-state index contributed by atoms with van der Waals surface area (Å²) in [5.74, 6) is 0.280. The van der Waals surface area contributed by atoms with Crippen molar-refractivity contribution in [2.75, 3.05) is 13.7 Å². The van der Waals surface area contributed by atoms with Crippen molar-refractivity contribution in [3.05, 3.63) is 59.7 Å². The van der Waals surface area contributed by atoms with Gasteiger partial charge in [0.15, 0.2) is 0 Å². The van der Waals surface area contributed by atoms with Crippen molar-refractivity contribution in [2.24, 2.45) is 0 Å². The fourth-order valence-electron chi connectivity index (χ4n) is 2.21. The first-order chi connectivity index (χ1) is 9.74. The molecule has 1 aromatic carbocycles. The zero-order valence-corrected chi connectivity index (χ0v) is 11.8. The molecule has 0 amide bonds. The third-order valence-electron chi connectivity index (χ3n) is 3.20. The van der Waals surface area contributed by atoms with Crippen molar-refractivity contribution in [1.29, 1.82) is 0 Å². The summed E-state index contributed by atoms with van der Waals surface area (Å²) in [7, 11) is 1.53. The van der Waals surface area contributed by atoms with Crippen molar-refractivity contribution >= 4 is 0 Å². The molecule has 0 aliphatic heterocycles. The summed E-state index contributed by atoms with van der Waals surface area (Å²) in [6, 6.07) is 8.80. The molecule has 3 nitrogen and oxygen atoms in total. The van der Waals surface area contributed by atoms with Gasteiger partial charge in [0.05, 0.1) is 7.11 Å². The molecule has 4 heteroatoms. The first-order valence-corrected chi connectivity index (χ1v) is 6.70. The minimum absolute atomic E-state index is 0.0740. The summed E-state index contributed by atoms with van der Waals surface area (Å²) in [6.07, 6.45) is 4.25. The van der Waals surface area contributed by atoms with Crippen LogP contribution in [0.25, 0.3) is 0 Å². The largest absolute Gasteiger partial charge is 0.497 e. The van der Waals surface area contributed by atoms with Gasteiger partial charge in [0.2, 0.25) is 0 Å². The number of nitrogens with one attached hydrogen (secondary N) is 1. The number of hydrogen-bond acceptors (Lipinski definition) is 3. The Kier molecular flexibility index (Phi) is 5.07. The molecule has 0 saturated heterocycles. The fraction of sp³-hybridized carbons (Fsp3) is 0.312. The van der Waals surface area contributed by atoms with Crippen LogP contribution in [0.4, 0.5) is 4.39 Å². The van der Waals surface area contributed by atoms with Gasteiger partial charge in [-0.3, -0.25) is 4.98 Å². The normalized spacial score (nSPS) is 12.2. The maximum absolute atomic E-state index is 14.2. The fourth-order valence-corrected chi connectivity index (χ4v) is 2.21. The van der Waals surface area contributed by atoms with Crippen LogP contribution < -0.4 is 10.1 Å². The number of likely N-dealkylation sites (N-methyl/N-ethyl adjacent to an activating group) is 1. The van der Waals surface area contributed by atoms with Gasteiger partial charge < -0.3 is 10.1 Å². The van der Waals surface area contributed by atoms with E-state index >= 15 is 0 Å². The SMILES string of the molecule is CCNC(Cc1cccnc1)c1ccc(OC)cc1F. The number of ether oxygens (including phenoxy) is 1. The van der Waals surface area contributed by atoms with Crippen molar-refractivity contribution < 1.29 is 9.13 Å². The van der Waals surface area contributed by atoms with Crippen LogP contribution in [0.15, 0.2) is 42.7 Å². The van der Waals surface area contributed by atoms with Gasteiger partial charge in [-0.25, -0.2) is 4.39 Å². The molecule has 0 aliphatic carbocycles. The van der Waals surface area contributed by atoms with Crippen LogP contribution in [0.1, 0.15) is 24.1 Å². The second-order valence-electron chi connectivity index (χ2n) is 4.56. The Morgan fingerprint density at radius 3 is 2.80 bits per heavy atom. The Balaban J connectivity index is 2.24. The summed E-state index contributed by atoms with van der Waals surface area (Å²) >= 11 is 0. The molecule has 1 unspecified atom stereocenters. The molecule has 1 atom stereocenters. The lowest BCUT2D eigenvalue weighted by Gasteiger charge is -2.19. The smallest absolute Gasteiger partial charge is 0.131 e. The summed E-state index contributed by atoms with van der Waals surface area (Å²) in [5, 5.41) is 3.32. The minimum atomic E-state index is -0.251. The first kappa shape index (κ1) is 14.5. The van der Waals surface area contributed by atoms with E-state index in [9.17, 15) is 4.39 Å². The van der Waals surface area contributed by atoms with Gasteiger partial charge in [0.1, 0.15) is 11.6 Å². The molecule has 0 bridgehead atoms. The molecule has 0 radical (unpaired) electrons. The van der Waals surface area contributed by atoms with Crippen LogP contribution in [0, 0.1) is 5.82 Å². The van der Waals surface area contributed by atoms with Crippen LogP contribution in [-0.2, 0) is 6.42 Å². The van der Waals surface area contributed by atoms with E-state index in [-0.39, 0.29) is 11.9 Å². The van der Waals surface area contributed by atoms with Crippen LogP contribution >= 0.6 is 0 Å². The number of nitrogens with zero attached hydrogens (tertiary/aromatic N) is 1. The van der Waals surface area contributed by atoms with Gasteiger partial charge >= 0.3 is 0 Å². The number of methoxy groups -OCH3 is 1. The predicted molar refractivity (Wildman–Crippen MR) is 77.3 cm³/mol. The van der Waals surface area contributed by atoms with Crippen LogP contribution in [0.3, 0.4) is 0 Å². The quantitative estimate of drug-likeness (QED) is 0.878. The van der Waals surface area contributed by atoms with Gasteiger partial charge in [-0.15, -0.1) is 0 Å². The molecule has 2 aromatic rings. The summed E-state index contributed by atoms with van der Waals surface area (Å²) in [5.41, 5.74) is 1.73. The monoisotopic (exact) mass is 274 g/mol. The first-order valence-electron chi connectivity index (χ1n) is 6.70. The Hall–Kier alpha value is -1.94. The molecule has 106 valence electrons. The summed E-state index contributed by atoms with van der Waals surface area (Å²) in [6.45, 7) is 2.79. The number of hydrogen-bond donors (Lipinski definition) is 1. The lowest BCUT2D eigenvalue weighted by Crippen LogP contribution is -2.24. The second-order valence-corrected chi connectivity index (χ2v) is 4.56. The third-order valence-corrected chi connectivity index (χ3v) is 3.20. The molecule has 1 aromatic heterocycles. The molecule has 0 spiro atoms. The van der Waals surface area contributed by atoms with Gasteiger partial charge in [-0.1, -0.05) is 19.1 Å². The highest BCUT2D eigenvalue weighted by Gasteiger charge is 2.16. The van der Waals surface area contributed by atoms with E-state index in [4.69, 9.17) is 4.74 Å². The van der Waals surface area contributed by atoms with Crippen molar-refractivity contribution in [3.63, 3.8) is 0 Å². The Bertz CT molecular complexity index is 545. The Morgan fingerprint density at radius 1 is 1.35 bits per heavy atom. The van der Waals surface area contributed by atoms with Crippen LogP contribution in [0.2, 0.25) is 0 Å². The molecule has 0 saturated carbocycles. The van der Waals surface area contributed by atoms with E-state index < -0.39 is 0 Å². The maximum atomic E-state index is 14.2. The van der Waals surface area contributed by atoms with E-state index in [1.54, 1.807) is 18.3 Å². The van der Waals surface area contributed by atoms with Gasteiger partial charge in [-0.2, -0.15) is 0 Å². The third kappa shape index (κ3) is 3.54. The summed E-state index contributed by atoms with van der Waals surface area (Å²) < 4.78 is 19.2. The molecule has 1 N–H and O–H groups in total. The minimum Gasteiger partial charge on any atom is -0.497 e. The zero-order chi connectivity index (χ0) is 14.4. The summed E-state index contributed by atoms with van der Waals surface area (Å²) in [4.78, 5) is 4.10. The highest BCUT2D eigenvalue weighted by atomic mass is 19.1. The maximum Gasteiger partial charge on any atom is 0.131 e. The van der Waals surface area contributed by atoms with Crippen LogP contribution in [-0.4, -0.2) is 18.6 Å². The number of pyridine rings is 1. The van der Waals surface area contributed by atoms with Crippen molar-refractivity contribution in [3.8, 4) is 5.75 Å². The number of aromatic nitrogens is 1. The zero-order valence-electron chi connectivity index (χ0n) is 11.8. The average molecular weight is 274 g/mol. The molecule has 2 rings (SSSR count). The highest BCUT2D eigenvalue weighted by Crippen LogP contribution is 2.24. The molecular weight excluding hydrogens is 255 g/mol. The van der Waals surface area contributed by atoms with E-state index in [1.165, 1.54) is 13.2 Å². The van der Waals surface area contributed by atoms with E-state index in [2.05, 4.69) is 10.3 Å². The van der Waals surface area contributed by atoms with Gasteiger partial charge in [-0.05, 0) is 30.7 Å². The number of halogens is 1. The second kappa shape index (κ2) is 7.01. The van der Waals surface area contributed by atoms with Crippen LogP contribution in [0.5, 0.6) is 5.75 Å². The Labute approximate surface area is 118 Å². The molecule has 1 heterocycles. The van der Waals surface area contributed by atoms with E-state index in [1.807, 2.05) is 25.3 Å². The standard InChI is InChI=1S/C16H19FN2O/c1-3-19-16(9-12-5-4-8-18-11-12)14-7-6-13(20-2)10-15(14)17/h4-8,10-11,16,19H,3,9H2,1-2H3. The molecule has 0 aliphatic rings. The lowest BCUT2D eigenvalue weighted by molar-refractivity contribution is 0.409. The van der Waals surface area contributed by atoms with Crippen molar-refractivity contribution in [2.45, 2.75) is 19.4 Å². The Morgan fingerprint density at radius 2 is 2.20 bits per heavy atom. The predicted octanol–water partition coefficient (Wildman–Crippen LogP) is 3.12. The average Bonchev–Trinajstić information content (AvgIpc) is 2.48. The van der Waals surface area contributed by atoms with E-state index in [0.717, 1.165) is 12.1 Å². The molecule has 20 heavy (non-hydrogen) atoms. The molecule has 0 fully saturated rings. The van der Waals surface area contributed by atoms with Gasteiger partial charge in [0.25, 0.3) is 0 Å². The van der Waals surface area contributed by atoms with Gasteiger partial charge in [0, 0.05) is 30.1 Å². The lowest BCUT2D eigenvalue weighted by atomic mass is 9.99. The highest BCUT2D eigenvalue weighted by molar-refractivity contribution is 5.31. The van der Waals surface area contributed by atoms with E-state index in [0.29, 0.717) is 17.7 Å². The van der Waals surface area contributed by atoms with Crippen molar-refractivity contribution in [1.82, 2.24) is 10.3 Å². The number of rotatable bonds is 6. The molecular formula is C16H19FN2O.